The standard InChI is InChI=1S/C8H6FO2/c1-11-8(10)6-3-2-4-7(9)5-6/h2-5H,1H2. The van der Waals surface area contributed by atoms with E-state index in [0.29, 0.717) is 0 Å². The Morgan fingerprint density at radius 2 is 2.27 bits per heavy atom. The molecule has 11 heavy (non-hydrogen) atoms. The molecule has 57 valence electrons. The highest BCUT2D eigenvalue weighted by Crippen LogP contribution is 2.04. The van der Waals surface area contributed by atoms with Gasteiger partial charge in [0.15, 0.2) is 0 Å². The molecule has 0 saturated heterocycles. The number of rotatable bonds is 1. The molecule has 0 aliphatic rings. The summed E-state index contributed by atoms with van der Waals surface area (Å²) < 4.78 is 16.6. The van der Waals surface area contributed by atoms with Gasteiger partial charge in [-0.3, -0.25) is 0 Å². The fourth-order valence-corrected chi connectivity index (χ4v) is 0.699. The molecule has 0 N–H and O–H groups in total. The minimum atomic E-state index is -0.635. The molecular formula is C8H6FO2. The molecule has 0 bridgehead atoms. The van der Waals surface area contributed by atoms with Crippen LogP contribution in [0.25, 0.3) is 0 Å². The van der Waals surface area contributed by atoms with Crippen molar-refractivity contribution in [2.45, 2.75) is 0 Å². The quantitative estimate of drug-likeness (QED) is 0.575. The predicted molar refractivity (Wildman–Crippen MR) is 37.2 cm³/mol. The molecule has 1 aromatic carbocycles. The summed E-state index contributed by atoms with van der Waals surface area (Å²) in [6, 6.07) is 5.23. The van der Waals surface area contributed by atoms with Gasteiger partial charge < -0.3 is 4.74 Å². The van der Waals surface area contributed by atoms with Crippen molar-refractivity contribution in [2.75, 3.05) is 0 Å². The van der Waals surface area contributed by atoms with E-state index in [1.165, 1.54) is 18.2 Å². The number of benzene rings is 1. The highest BCUT2D eigenvalue weighted by Gasteiger charge is 2.04. The van der Waals surface area contributed by atoms with Crippen LogP contribution in [-0.4, -0.2) is 5.97 Å². The lowest BCUT2D eigenvalue weighted by molar-refractivity contribution is 0.0653. The van der Waals surface area contributed by atoms with E-state index in [-0.39, 0.29) is 5.56 Å². The number of ether oxygens (including phenoxy) is 1. The highest BCUT2D eigenvalue weighted by molar-refractivity contribution is 5.89. The summed E-state index contributed by atoms with van der Waals surface area (Å²) in [6.07, 6.45) is 0. The molecular weight excluding hydrogens is 147 g/mol. The van der Waals surface area contributed by atoms with Crippen molar-refractivity contribution in [2.24, 2.45) is 0 Å². The monoisotopic (exact) mass is 153 g/mol. The van der Waals surface area contributed by atoms with Gasteiger partial charge in [0.1, 0.15) is 12.9 Å². The molecule has 0 amide bonds. The Labute approximate surface area is 63.6 Å². The van der Waals surface area contributed by atoms with Gasteiger partial charge in [0.05, 0.1) is 5.56 Å². The molecule has 0 unspecified atom stereocenters. The maximum Gasteiger partial charge on any atom is 0.338 e. The third-order valence-corrected chi connectivity index (χ3v) is 1.19. The molecule has 3 heteroatoms. The zero-order chi connectivity index (χ0) is 8.27. The zero-order valence-electron chi connectivity index (χ0n) is 5.71. The highest BCUT2D eigenvalue weighted by atomic mass is 19.1. The molecule has 0 spiro atoms. The lowest BCUT2D eigenvalue weighted by atomic mass is 10.2. The molecule has 1 rings (SSSR count). The van der Waals surface area contributed by atoms with Crippen molar-refractivity contribution >= 4 is 5.97 Å². The van der Waals surface area contributed by atoms with Crippen LogP contribution in [-0.2, 0) is 4.74 Å². The average molecular weight is 153 g/mol. The summed E-state index contributed by atoms with van der Waals surface area (Å²) in [5.41, 5.74) is 0.167. The molecule has 0 fully saturated rings. The van der Waals surface area contributed by atoms with E-state index in [0.717, 1.165) is 6.07 Å². The van der Waals surface area contributed by atoms with E-state index in [1.807, 2.05) is 0 Å². The van der Waals surface area contributed by atoms with Gasteiger partial charge in [-0.1, -0.05) is 6.07 Å². The van der Waals surface area contributed by atoms with Crippen LogP contribution >= 0.6 is 0 Å². The molecule has 0 aromatic heterocycles. The average Bonchev–Trinajstić information content (AvgIpc) is 2.03. The van der Waals surface area contributed by atoms with Crippen LogP contribution in [0.2, 0.25) is 0 Å². The number of carbonyl (C=O) groups excluding carboxylic acids is 1. The number of carbonyl (C=O) groups is 1. The Bertz CT molecular complexity index is 271. The first-order chi connectivity index (χ1) is 5.24. The molecule has 1 aromatic rings. The number of halogens is 1. The van der Waals surface area contributed by atoms with Crippen molar-refractivity contribution in [3.05, 3.63) is 42.8 Å². The first-order valence-corrected chi connectivity index (χ1v) is 2.96. The van der Waals surface area contributed by atoms with Gasteiger partial charge in [-0.2, -0.15) is 0 Å². The SMILES string of the molecule is [CH2]OC(=O)c1cccc(F)c1. The van der Waals surface area contributed by atoms with Crippen LogP contribution in [0, 0.1) is 12.9 Å². The number of esters is 1. The molecule has 0 heterocycles. The summed E-state index contributed by atoms with van der Waals surface area (Å²) in [5.74, 6) is -1.10. The summed E-state index contributed by atoms with van der Waals surface area (Å²) in [4.78, 5) is 10.7. The lowest BCUT2D eigenvalue weighted by Crippen LogP contribution is -1.99. The third kappa shape index (κ3) is 1.77. The van der Waals surface area contributed by atoms with Crippen molar-refractivity contribution in [1.82, 2.24) is 0 Å². The molecule has 1 radical (unpaired) electrons. The minimum Gasteiger partial charge on any atom is -0.458 e. The molecule has 0 saturated carbocycles. The largest absolute Gasteiger partial charge is 0.458 e. The molecule has 0 aliphatic heterocycles. The van der Waals surface area contributed by atoms with Crippen LogP contribution in [0.3, 0.4) is 0 Å². The first-order valence-electron chi connectivity index (χ1n) is 2.96. The van der Waals surface area contributed by atoms with E-state index >= 15 is 0 Å². The summed E-state index contributed by atoms with van der Waals surface area (Å²) in [7, 11) is 2.92. The van der Waals surface area contributed by atoms with Crippen LogP contribution < -0.4 is 0 Å². The first kappa shape index (κ1) is 7.72. The van der Waals surface area contributed by atoms with Gasteiger partial charge in [0.2, 0.25) is 0 Å². The van der Waals surface area contributed by atoms with E-state index in [2.05, 4.69) is 11.8 Å². The summed E-state index contributed by atoms with van der Waals surface area (Å²) >= 11 is 0. The smallest absolute Gasteiger partial charge is 0.338 e. The van der Waals surface area contributed by atoms with Crippen molar-refractivity contribution in [3.8, 4) is 0 Å². The fraction of sp³-hybridized carbons (Fsp3) is 0. The lowest BCUT2D eigenvalue weighted by Gasteiger charge is -1.96. The van der Waals surface area contributed by atoms with E-state index in [9.17, 15) is 9.18 Å². The van der Waals surface area contributed by atoms with Gasteiger partial charge in [-0.25, -0.2) is 9.18 Å². The third-order valence-electron chi connectivity index (χ3n) is 1.19. The molecule has 2 nitrogen and oxygen atoms in total. The second kappa shape index (κ2) is 3.14. The van der Waals surface area contributed by atoms with Crippen LogP contribution in [0.1, 0.15) is 10.4 Å². The Morgan fingerprint density at radius 1 is 1.55 bits per heavy atom. The normalized spacial score (nSPS) is 9.27. The van der Waals surface area contributed by atoms with E-state index in [1.54, 1.807) is 0 Å². The van der Waals surface area contributed by atoms with Crippen LogP contribution in [0.5, 0.6) is 0 Å². The second-order valence-corrected chi connectivity index (χ2v) is 1.94. The predicted octanol–water partition coefficient (Wildman–Crippen LogP) is 1.77. The minimum absolute atomic E-state index is 0.167. The maximum absolute atomic E-state index is 12.4. The Balaban J connectivity index is 2.96. The zero-order valence-corrected chi connectivity index (χ0v) is 5.71. The Morgan fingerprint density at radius 3 is 2.82 bits per heavy atom. The van der Waals surface area contributed by atoms with Gasteiger partial charge in [-0.05, 0) is 18.2 Å². The Kier molecular flexibility index (Phi) is 2.21. The van der Waals surface area contributed by atoms with Gasteiger partial charge >= 0.3 is 5.97 Å². The van der Waals surface area contributed by atoms with Crippen molar-refractivity contribution in [3.63, 3.8) is 0 Å². The number of hydrogen-bond acceptors (Lipinski definition) is 2. The fourth-order valence-electron chi connectivity index (χ4n) is 0.699. The van der Waals surface area contributed by atoms with Gasteiger partial charge in [-0.15, -0.1) is 0 Å². The molecule has 0 aliphatic carbocycles. The Hall–Kier alpha value is -1.38. The molecule has 0 atom stereocenters. The maximum atomic E-state index is 12.4. The van der Waals surface area contributed by atoms with Crippen molar-refractivity contribution < 1.29 is 13.9 Å². The number of hydrogen-bond donors (Lipinski definition) is 0. The van der Waals surface area contributed by atoms with E-state index < -0.39 is 11.8 Å². The summed E-state index contributed by atoms with van der Waals surface area (Å²) in [5, 5.41) is 0. The van der Waals surface area contributed by atoms with Crippen LogP contribution in [0.4, 0.5) is 4.39 Å². The topological polar surface area (TPSA) is 26.3 Å². The second-order valence-electron chi connectivity index (χ2n) is 1.94. The van der Waals surface area contributed by atoms with E-state index in [4.69, 9.17) is 0 Å². The summed E-state index contributed by atoms with van der Waals surface area (Å²) in [6.45, 7) is 0. The van der Waals surface area contributed by atoms with Gasteiger partial charge in [0.25, 0.3) is 0 Å². The van der Waals surface area contributed by atoms with Crippen molar-refractivity contribution in [1.29, 1.82) is 0 Å². The van der Waals surface area contributed by atoms with Gasteiger partial charge in [0, 0.05) is 0 Å². The van der Waals surface area contributed by atoms with Crippen LogP contribution in [0.15, 0.2) is 24.3 Å².